The first-order chi connectivity index (χ1) is 12.3. The molecule has 1 fully saturated rings. The largest absolute Gasteiger partial charge is 0.341 e. The number of piperidine rings is 1. The summed E-state index contributed by atoms with van der Waals surface area (Å²) in [6.07, 6.45) is 3.20. The van der Waals surface area contributed by atoms with Gasteiger partial charge in [0.25, 0.3) is 0 Å². The van der Waals surface area contributed by atoms with Crippen molar-refractivity contribution >= 4 is 24.1 Å². The van der Waals surface area contributed by atoms with Crippen molar-refractivity contribution < 1.29 is 9.59 Å². The van der Waals surface area contributed by atoms with E-state index in [-0.39, 0.29) is 30.0 Å². The number of benzene rings is 1. The fourth-order valence-corrected chi connectivity index (χ4v) is 3.72. The summed E-state index contributed by atoms with van der Waals surface area (Å²) in [5.41, 5.74) is 8.09. The fraction of sp³-hybridized carbons (Fsp3) is 0.636. The van der Waals surface area contributed by atoms with Crippen LogP contribution in [0, 0.1) is 17.8 Å². The van der Waals surface area contributed by atoms with Gasteiger partial charge in [-0.3, -0.25) is 9.59 Å². The number of amides is 1. The van der Waals surface area contributed by atoms with Crippen LogP contribution in [0.1, 0.15) is 62.9 Å². The zero-order valence-corrected chi connectivity index (χ0v) is 17.9. The molecule has 1 aromatic carbocycles. The molecule has 0 spiro atoms. The molecule has 0 saturated carbocycles. The summed E-state index contributed by atoms with van der Waals surface area (Å²) < 4.78 is 0. The van der Waals surface area contributed by atoms with Gasteiger partial charge in [-0.05, 0) is 43.1 Å². The molecule has 0 aromatic heterocycles. The molecule has 0 radical (unpaired) electrons. The predicted octanol–water partition coefficient (Wildman–Crippen LogP) is 4.10. The van der Waals surface area contributed by atoms with Gasteiger partial charge in [0.1, 0.15) is 0 Å². The lowest BCUT2D eigenvalue weighted by Crippen LogP contribution is -2.48. The van der Waals surface area contributed by atoms with Gasteiger partial charge >= 0.3 is 0 Å². The minimum atomic E-state index is -0.421. The van der Waals surface area contributed by atoms with Crippen molar-refractivity contribution in [3.8, 4) is 0 Å². The fourth-order valence-electron chi connectivity index (χ4n) is 3.72. The van der Waals surface area contributed by atoms with Crippen LogP contribution < -0.4 is 5.73 Å². The zero-order valence-electron chi connectivity index (χ0n) is 17.1. The molecule has 1 saturated heterocycles. The number of carbonyl (C=O) groups is 2. The number of ketones is 1. The Bertz CT molecular complexity index is 605. The molecule has 5 heteroatoms. The Hall–Kier alpha value is -1.39. The third-order valence-electron chi connectivity index (χ3n) is 5.10. The van der Waals surface area contributed by atoms with E-state index in [9.17, 15) is 9.59 Å². The maximum absolute atomic E-state index is 12.8. The summed E-state index contributed by atoms with van der Waals surface area (Å²) in [4.78, 5) is 27.0. The van der Waals surface area contributed by atoms with E-state index in [1.165, 1.54) is 5.56 Å². The third-order valence-corrected chi connectivity index (χ3v) is 5.10. The molecule has 1 heterocycles. The van der Waals surface area contributed by atoms with Crippen LogP contribution in [0.4, 0.5) is 0 Å². The van der Waals surface area contributed by atoms with Gasteiger partial charge in [0.2, 0.25) is 5.91 Å². The standard InChI is InChI=1S/C22H34N2O2.ClH/c1-15(2)13-17-5-7-18(8-6-17)21(25)19-9-11-24(12-10-19)22(26)20(23)14-16(3)4;/h5-8,15-16,19-20H,9-14,23H2,1-4H3;1H/t20-;/m0./s1. The minimum absolute atomic E-state index is 0. The smallest absolute Gasteiger partial charge is 0.239 e. The van der Waals surface area contributed by atoms with Crippen LogP contribution in [-0.2, 0) is 11.2 Å². The number of likely N-dealkylation sites (tertiary alicyclic amines) is 1. The SMILES string of the molecule is CC(C)Cc1ccc(C(=O)C2CCN(C(=O)[C@@H](N)CC(C)C)CC2)cc1.Cl. The van der Waals surface area contributed by atoms with Gasteiger partial charge in [-0.2, -0.15) is 0 Å². The Labute approximate surface area is 170 Å². The number of hydrogen-bond acceptors (Lipinski definition) is 3. The quantitative estimate of drug-likeness (QED) is 0.708. The number of hydrogen-bond donors (Lipinski definition) is 1. The molecule has 0 aliphatic carbocycles. The Morgan fingerprint density at radius 3 is 2.07 bits per heavy atom. The first-order valence-electron chi connectivity index (χ1n) is 9.95. The van der Waals surface area contributed by atoms with E-state index in [1.807, 2.05) is 17.0 Å². The molecule has 152 valence electrons. The van der Waals surface area contributed by atoms with E-state index in [2.05, 4.69) is 39.8 Å². The van der Waals surface area contributed by atoms with Crippen molar-refractivity contribution in [2.75, 3.05) is 13.1 Å². The molecule has 1 amide bonds. The molecular formula is C22H35ClN2O2. The molecule has 0 bridgehead atoms. The first-order valence-corrected chi connectivity index (χ1v) is 9.95. The highest BCUT2D eigenvalue weighted by Crippen LogP contribution is 2.23. The van der Waals surface area contributed by atoms with E-state index in [4.69, 9.17) is 5.73 Å². The summed E-state index contributed by atoms with van der Waals surface area (Å²) in [7, 11) is 0. The van der Waals surface area contributed by atoms with Crippen molar-refractivity contribution in [1.82, 2.24) is 4.90 Å². The van der Waals surface area contributed by atoms with Gasteiger partial charge in [0.15, 0.2) is 5.78 Å². The van der Waals surface area contributed by atoms with E-state index >= 15 is 0 Å². The lowest BCUT2D eigenvalue weighted by Gasteiger charge is -2.33. The summed E-state index contributed by atoms with van der Waals surface area (Å²) in [6, 6.07) is 7.62. The Morgan fingerprint density at radius 1 is 1.04 bits per heavy atom. The summed E-state index contributed by atoms with van der Waals surface area (Å²) in [5, 5.41) is 0. The average molecular weight is 395 g/mol. The number of carbonyl (C=O) groups excluding carboxylic acids is 2. The second-order valence-electron chi connectivity index (χ2n) is 8.49. The Kier molecular flexibility index (Phi) is 9.48. The summed E-state index contributed by atoms with van der Waals surface area (Å²) >= 11 is 0. The minimum Gasteiger partial charge on any atom is -0.341 e. The van der Waals surface area contributed by atoms with Crippen LogP contribution >= 0.6 is 12.4 Å². The number of rotatable bonds is 7. The number of nitrogens with zero attached hydrogens (tertiary/aromatic N) is 1. The van der Waals surface area contributed by atoms with E-state index in [0.717, 1.165) is 24.8 Å². The molecule has 2 N–H and O–H groups in total. The van der Waals surface area contributed by atoms with Gasteiger partial charge in [0, 0.05) is 24.6 Å². The third kappa shape index (κ3) is 6.93. The molecule has 1 aliphatic rings. The zero-order chi connectivity index (χ0) is 19.3. The predicted molar refractivity (Wildman–Crippen MR) is 113 cm³/mol. The second-order valence-corrected chi connectivity index (χ2v) is 8.49. The monoisotopic (exact) mass is 394 g/mol. The van der Waals surface area contributed by atoms with Crippen molar-refractivity contribution in [3.05, 3.63) is 35.4 Å². The van der Waals surface area contributed by atoms with Crippen molar-refractivity contribution in [2.24, 2.45) is 23.5 Å². The number of Topliss-reactive ketones (excluding diaryl/α,β-unsaturated/α-hetero) is 1. The van der Waals surface area contributed by atoms with E-state index in [0.29, 0.717) is 31.3 Å². The number of halogens is 1. The van der Waals surface area contributed by atoms with Gasteiger partial charge in [-0.1, -0.05) is 52.0 Å². The highest BCUT2D eigenvalue weighted by molar-refractivity contribution is 5.98. The highest BCUT2D eigenvalue weighted by Gasteiger charge is 2.30. The normalized spacial score (nSPS) is 16.3. The molecule has 1 aromatic rings. The van der Waals surface area contributed by atoms with Crippen LogP contribution in [0.3, 0.4) is 0 Å². The van der Waals surface area contributed by atoms with Crippen LogP contribution in [-0.4, -0.2) is 35.7 Å². The van der Waals surface area contributed by atoms with Crippen molar-refractivity contribution in [1.29, 1.82) is 0 Å². The van der Waals surface area contributed by atoms with Gasteiger partial charge in [0.05, 0.1) is 6.04 Å². The highest BCUT2D eigenvalue weighted by atomic mass is 35.5. The lowest BCUT2D eigenvalue weighted by molar-refractivity contribution is -0.134. The molecule has 2 rings (SSSR count). The molecule has 1 atom stereocenters. The average Bonchev–Trinajstić information content (AvgIpc) is 2.60. The van der Waals surface area contributed by atoms with Crippen LogP contribution in [0.15, 0.2) is 24.3 Å². The van der Waals surface area contributed by atoms with Crippen LogP contribution in [0.2, 0.25) is 0 Å². The number of nitrogens with two attached hydrogens (primary N) is 1. The Morgan fingerprint density at radius 2 is 1.59 bits per heavy atom. The van der Waals surface area contributed by atoms with Crippen molar-refractivity contribution in [2.45, 2.75) is 59.4 Å². The second kappa shape index (κ2) is 10.8. The summed E-state index contributed by atoms with van der Waals surface area (Å²) in [6.45, 7) is 9.80. The summed E-state index contributed by atoms with van der Waals surface area (Å²) in [5.74, 6) is 1.27. The molecular weight excluding hydrogens is 360 g/mol. The van der Waals surface area contributed by atoms with Gasteiger partial charge in [-0.15, -0.1) is 12.4 Å². The lowest BCUT2D eigenvalue weighted by atomic mass is 9.88. The van der Waals surface area contributed by atoms with E-state index in [1.54, 1.807) is 0 Å². The van der Waals surface area contributed by atoms with Gasteiger partial charge in [-0.25, -0.2) is 0 Å². The van der Waals surface area contributed by atoms with Crippen LogP contribution in [0.25, 0.3) is 0 Å². The first kappa shape index (κ1) is 23.6. The maximum Gasteiger partial charge on any atom is 0.239 e. The van der Waals surface area contributed by atoms with E-state index < -0.39 is 6.04 Å². The van der Waals surface area contributed by atoms with Crippen LogP contribution in [0.5, 0.6) is 0 Å². The molecule has 27 heavy (non-hydrogen) atoms. The topological polar surface area (TPSA) is 63.4 Å². The molecule has 4 nitrogen and oxygen atoms in total. The Balaban J connectivity index is 0.00000364. The molecule has 1 aliphatic heterocycles. The maximum atomic E-state index is 12.8. The van der Waals surface area contributed by atoms with Crippen molar-refractivity contribution in [3.63, 3.8) is 0 Å². The van der Waals surface area contributed by atoms with Gasteiger partial charge < -0.3 is 10.6 Å². The molecule has 0 unspecified atom stereocenters.